The molecule has 102 valence electrons. The van der Waals surface area contributed by atoms with Gasteiger partial charge in [0.05, 0.1) is 5.69 Å². The van der Waals surface area contributed by atoms with Gasteiger partial charge in [-0.1, -0.05) is 37.3 Å². The molecule has 0 saturated heterocycles. The molecule has 1 heterocycles. The molecule has 0 aliphatic rings. The highest BCUT2D eigenvalue weighted by molar-refractivity contribution is 5.14. The van der Waals surface area contributed by atoms with Crippen LogP contribution in [-0.2, 0) is 13.0 Å². The van der Waals surface area contributed by atoms with E-state index < -0.39 is 0 Å². The van der Waals surface area contributed by atoms with Crippen LogP contribution < -0.4 is 5.32 Å². The molecule has 1 aromatic carbocycles. The molecule has 0 saturated carbocycles. The lowest BCUT2D eigenvalue weighted by Gasteiger charge is -2.08. The number of nitrogens with one attached hydrogen (secondary N) is 1. The van der Waals surface area contributed by atoms with E-state index in [1.807, 2.05) is 4.68 Å². The second-order valence-electron chi connectivity index (χ2n) is 4.96. The highest BCUT2D eigenvalue weighted by Gasteiger charge is 2.03. The van der Waals surface area contributed by atoms with Crippen molar-refractivity contribution in [3.05, 3.63) is 53.9 Å². The SMILES string of the molecule is CCC(C)n1ccc(CNCCc2ccccc2)n1. The summed E-state index contributed by atoms with van der Waals surface area (Å²) in [5, 5.41) is 8.02. The van der Waals surface area contributed by atoms with Crippen molar-refractivity contribution in [2.24, 2.45) is 0 Å². The first-order valence-electron chi connectivity index (χ1n) is 7.08. The molecule has 0 aliphatic heterocycles. The number of benzene rings is 1. The fraction of sp³-hybridized carbons (Fsp3) is 0.438. The number of rotatable bonds is 7. The van der Waals surface area contributed by atoms with Crippen molar-refractivity contribution in [1.29, 1.82) is 0 Å². The molecular weight excluding hydrogens is 234 g/mol. The maximum atomic E-state index is 4.58. The Morgan fingerprint density at radius 1 is 1.21 bits per heavy atom. The third-order valence-corrected chi connectivity index (χ3v) is 3.45. The molecule has 0 fully saturated rings. The molecule has 2 rings (SSSR count). The third kappa shape index (κ3) is 4.21. The summed E-state index contributed by atoms with van der Waals surface area (Å²) in [7, 11) is 0. The molecule has 0 bridgehead atoms. The molecule has 0 aliphatic carbocycles. The standard InChI is InChI=1S/C16H23N3/c1-3-14(2)19-12-10-16(18-19)13-17-11-9-15-7-5-4-6-8-15/h4-8,10,12,14,17H,3,9,11,13H2,1-2H3. The average molecular weight is 257 g/mol. The lowest BCUT2D eigenvalue weighted by molar-refractivity contribution is 0.471. The molecule has 19 heavy (non-hydrogen) atoms. The molecule has 1 atom stereocenters. The van der Waals surface area contributed by atoms with Gasteiger partial charge in [0.25, 0.3) is 0 Å². The predicted octanol–water partition coefficient (Wildman–Crippen LogP) is 3.19. The van der Waals surface area contributed by atoms with Gasteiger partial charge in [0, 0.05) is 18.8 Å². The minimum absolute atomic E-state index is 0.484. The van der Waals surface area contributed by atoms with Gasteiger partial charge in [-0.2, -0.15) is 5.10 Å². The summed E-state index contributed by atoms with van der Waals surface area (Å²) < 4.78 is 2.05. The Hall–Kier alpha value is -1.61. The molecule has 0 amide bonds. The summed E-state index contributed by atoms with van der Waals surface area (Å²) in [4.78, 5) is 0. The largest absolute Gasteiger partial charge is 0.311 e. The van der Waals surface area contributed by atoms with Crippen LogP contribution in [0, 0.1) is 0 Å². The van der Waals surface area contributed by atoms with Crippen LogP contribution in [0.15, 0.2) is 42.6 Å². The van der Waals surface area contributed by atoms with Crippen molar-refractivity contribution in [1.82, 2.24) is 15.1 Å². The average Bonchev–Trinajstić information content (AvgIpc) is 2.93. The Bertz CT molecular complexity index is 476. The van der Waals surface area contributed by atoms with E-state index in [-0.39, 0.29) is 0 Å². The first-order chi connectivity index (χ1) is 9.29. The highest BCUT2D eigenvalue weighted by atomic mass is 15.3. The topological polar surface area (TPSA) is 29.9 Å². The molecule has 1 aromatic heterocycles. The van der Waals surface area contributed by atoms with Crippen LogP contribution in [0.25, 0.3) is 0 Å². The molecule has 3 heteroatoms. The smallest absolute Gasteiger partial charge is 0.0762 e. The van der Waals surface area contributed by atoms with Crippen LogP contribution in [0.2, 0.25) is 0 Å². The van der Waals surface area contributed by atoms with Gasteiger partial charge >= 0.3 is 0 Å². The summed E-state index contributed by atoms with van der Waals surface area (Å²) in [5.41, 5.74) is 2.49. The van der Waals surface area contributed by atoms with Crippen molar-refractivity contribution < 1.29 is 0 Å². The van der Waals surface area contributed by atoms with Crippen LogP contribution in [0.3, 0.4) is 0 Å². The minimum Gasteiger partial charge on any atom is -0.311 e. The fourth-order valence-electron chi connectivity index (χ4n) is 2.00. The van der Waals surface area contributed by atoms with Gasteiger partial charge in [0.1, 0.15) is 0 Å². The Morgan fingerprint density at radius 2 is 2.00 bits per heavy atom. The number of aromatic nitrogens is 2. The maximum absolute atomic E-state index is 4.58. The third-order valence-electron chi connectivity index (χ3n) is 3.45. The molecule has 3 nitrogen and oxygen atoms in total. The lowest BCUT2D eigenvalue weighted by Crippen LogP contribution is -2.17. The summed E-state index contributed by atoms with van der Waals surface area (Å²) in [6.45, 7) is 6.21. The minimum atomic E-state index is 0.484. The van der Waals surface area contributed by atoms with E-state index in [0.29, 0.717) is 6.04 Å². The van der Waals surface area contributed by atoms with Gasteiger partial charge in [-0.25, -0.2) is 0 Å². The quantitative estimate of drug-likeness (QED) is 0.772. The zero-order chi connectivity index (χ0) is 13.5. The zero-order valence-corrected chi connectivity index (χ0v) is 11.8. The van der Waals surface area contributed by atoms with Crippen molar-refractivity contribution in [2.75, 3.05) is 6.54 Å². The Balaban J connectivity index is 1.72. The van der Waals surface area contributed by atoms with Gasteiger partial charge in [0.2, 0.25) is 0 Å². The van der Waals surface area contributed by atoms with Crippen LogP contribution >= 0.6 is 0 Å². The van der Waals surface area contributed by atoms with Crippen LogP contribution in [-0.4, -0.2) is 16.3 Å². The van der Waals surface area contributed by atoms with Crippen molar-refractivity contribution in [3.63, 3.8) is 0 Å². The predicted molar refractivity (Wildman–Crippen MR) is 79.1 cm³/mol. The van der Waals surface area contributed by atoms with Crippen molar-refractivity contribution in [3.8, 4) is 0 Å². The van der Waals surface area contributed by atoms with E-state index >= 15 is 0 Å². The number of hydrogen-bond acceptors (Lipinski definition) is 2. The molecule has 0 radical (unpaired) electrons. The van der Waals surface area contributed by atoms with E-state index in [1.54, 1.807) is 0 Å². The van der Waals surface area contributed by atoms with Crippen LogP contribution in [0.1, 0.15) is 37.6 Å². The summed E-state index contributed by atoms with van der Waals surface area (Å²) in [6, 6.07) is 13.1. The van der Waals surface area contributed by atoms with E-state index in [2.05, 4.69) is 66.9 Å². The molecule has 2 aromatic rings. The fourth-order valence-corrected chi connectivity index (χ4v) is 2.00. The summed E-state index contributed by atoms with van der Waals surface area (Å²) in [6.07, 6.45) is 4.25. The maximum Gasteiger partial charge on any atom is 0.0762 e. The molecule has 1 N–H and O–H groups in total. The van der Waals surface area contributed by atoms with Crippen molar-refractivity contribution >= 4 is 0 Å². The van der Waals surface area contributed by atoms with E-state index in [9.17, 15) is 0 Å². The zero-order valence-electron chi connectivity index (χ0n) is 11.8. The number of hydrogen-bond donors (Lipinski definition) is 1. The van der Waals surface area contributed by atoms with Gasteiger partial charge in [-0.3, -0.25) is 4.68 Å². The lowest BCUT2D eigenvalue weighted by atomic mass is 10.1. The van der Waals surface area contributed by atoms with Gasteiger partial charge in [0.15, 0.2) is 0 Å². The summed E-state index contributed by atoms with van der Waals surface area (Å²) in [5.74, 6) is 0. The van der Waals surface area contributed by atoms with Gasteiger partial charge in [-0.05, 0) is 37.9 Å². The van der Waals surface area contributed by atoms with Gasteiger partial charge in [-0.15, -0.1) is 0 Å². The highest BCUT2D eigenvalue weighted by Crippen LogP contribution is 2.09. The number of nitrogens with zero attached hydrogens (tertiary/aromatic N) is 2. The monoisotopic (exact) mass is 257 g/mol. The first kappa shape index (κ1) is 13.8. The van der Waals surface area contributed by atoms with Crippen molar-refractivity contribution in [2.45, 2.75) is 39.3 Å². The van der Waals surface area contributed by atoms with Gasteiger partial charge < -0.3 is 5.32 Å². The Labute approximate surface area is 115 Å². The van der Waals surface area contributed by atoms with Crippen LogP contribution in [0.4, 0.5) is 0 Å². The first-order valence-corrected chi connectivity index (χ1v) is 7.08. The Kier molecular flexibility index (Phi) is 5.16. The molecular formula is C16H23N3. The molecule has 0 spiro atoms. The van der Waals surface area contributed by atoms with E-state index in [1.165, 1.54) is 5.56 Å². The normalized spacial score (nSPS) is 12.5. The second kappa shape index (κ2) is 7.10. The molecule has 1 unspecified atom stereocenters. The Morgan fingerprint density at radius 3 is 2.74 bits per heavy atom. The van der Waals surface area contributed by atoms with E-state index in [0.717, 1.165) is 31.6 Å². The summed E-state index contributed by atoms with van der Waals surface area (Å²) >= 11 is 0. The second-order valence-corrected chi connectivity index (χ2v) is 4.96. The van der Waals surface area contributed by atoms with Crippen LogP contribution in [0.5, 0.6) is 0 Å². The van der Waals surface area contributed by atoms with E-state index in [4.69, 9.17) is 0 Å².